The molecule has 0 amide bonds. The molecule has 42 heteroatoms. The molecule has 16 saturated carbocycles. The van der Waals surface area contributed by atoms with E-state index in [1.54, 1.807) is 96.2 Å². The van der Waals surface area contributed by atoms with Gasteiger partial charge in [-0.05, 0) is 293 Å². The first kappa shape index (κ1) is 88.1. The van der Waals surface area contributed by atoms with E-state index in [4.69, 9.17) is 24.7 Å². The highest BCUT2D eigenvalue weighted by molar-refractivity contribution is 5.84. The zero-order valence-electron chi connectivity index (χ0n) is 80.2. The number of fused-ring (bicyclic) bond motifs is 8. The number of aliphatic carboxylic acids is 1. The number of ether oxygens (including phenoxy) is 1. The van der Waals surface area contributed by atoms with E-state index in [9.17, 15) is 43.8 Å². The van der Waals surface area contributed by atoms with Crippen molar-refractivity contribution in [1.29, 1.82) is 0 Å². The van der Waals surface area contributed by atoms with Gasteiger partial charge in [-0.15, -0.1) is 0 Å². The number of esters is 1. The van der Waals surface area contributed by atoms with Crippen molar-refractivity contribution >= 4 is 132 Å². The van der Waals surface area contributed by atoms with Gasteiger partial charge in [0.1, 0.15) is 53.2 Å². The Labute approximate surface area is 804 Å². The maximum absolute atomic E-state index is 13.6. The monoisotopic (exact) mass is 1910 g/mol. The number of ketones is 1. The average molecular weight is 1910 g/mol. The number of aliphatic hydroxyl groups is 1. The highest BCUT2D eigenvalue weighted by atomic mass is 16.5. The van der Waals surface area contributed by atoms with Gasteiger partial charge < -0.3 is 36.2 Å². The molecule has 8 atom stereocenters. The Morgan fingerprint density at radius 3 is 0.915 bits per heavy atom. The lowest BCUT2D eigenvalue weighted by molar-refractivity contribution is -0.175. The summed E-state index contributed by atoms with van der Waals surface area (Å²) in [6.07, 6.45) is 39.3. The average Bonchev–Trinajstić information content (AvgIpc) is 1.67. The summed E-state index contributed by atoms with van der Waals surface area (Å²) < 4.78 is 26.4. The Morgan fingerprint density at radius 2 is 0.638 bits per heavy atom. The number of hydrogen-bond acceptors (Lipinski definition) is 29. The first-order chi connectivity index (χ1) is 68.0. The number of nitrogens with one attached hydrogen (secondary N) is 4. The van der Waals surface area contributed by atoms with E-state index < -0.39 is 16.8 Å². The molecular formula is C99H112N32O10. The summed E-state index contributed by atoms with van der Waals surface area (Å²) in [6, 6.07) is 7.97. The van der Waals surface area contributed by atoms with E-state index in [1.807, 2.05) is 102 Å². The fourth-order valence-electron chi connectivity index (χ4n) is 30.0. The summed E-state index contributed by atoms with van der Waals surface area (Å²) in [6.45, 7) is 12.3. The Morgan fingerprint density at radius 1 is 0.376 bits per heavy atom. The lowest BCUT2D eigenvalue weighted by atomic mass is 9.47. The second-order valence-electron chi connectivity index (χ2n) is 43.6. The lowest BCUT2D eigenvalue weighted by Crippen LogP contribution is -2.55. The molecule has 0 saturated heterocycles. The quantitative estimate of drug-likeness (QED) is 0.0461. The van der Waals surface area contributed by atoms with E-state index in [2.05, 4.69) is 81.5 Å². The van der Waals surface area contributed by atoms with Crippen LogP contribution in [0.4, 0.5) is 46.5 Å². The van der Waals surface area contributed by atoms with Crippen LogP contribution in [-0.2, 0) is 47.3 Å². The summed E-state index contributed by atoms with van der Waals surface area (Å²) in [5.74, 6) is 5.85. The second-order valence-corrected chi connectivity index (χ2v) is 43.6. The maximum Gasteiger partial charge on any atom is 0.330 e. The number of imidazole rings is 4. The first-order valence-electron chi connectivity index (χ1n) is 49.5. The molecule has 0 spiro atoms. The standard InChI is InChI=1S/C26H30N8O3.C25H28N8O2.C24H26N8O3.C24H28N8O2/c1-4-37-23(35)26-8-15-6-16(9-26)21(17(7-15)10-26)34-22-19(32(3)25(34)36)11-27-24(31-22)30-18-12-33-20(5-14(18)2)28-13-29-33;1-13-4-20-27-12-28-32(20)11-18(13)29-23-26-10-19-22(30-23)33(24(35)31(19)3)21-16-5-15-6-17(21)9-25(7-15,8-16)14(2)34;1-12-3-18-26-11-27-31(18)10-16(12)28-22-25-9-17-20(29-22)32(23(35)30(17)2)19-14-4-13-5-15(19)8-24(6-13,7-14)21(33)34;1-13-3-19-26-12-27-31(19)10-17(13)28-22-25-9-18-21(29-22)32(23(34)30(18)2)20-15-4-14-5-16(20)8-24(6-14,7-15)11-33/h5,11-13,15-17,21H,4,6-10H2,1-3H3,(H,27,30,31);4,10-12,15-17,21H,5-9H2,1-3H3,(H,26,29,30);3,9-11,13-15,19H,4-8H2,1-2H3,(H,33,34)(H,25,28,29);3,9-10,12,14-16,20,33H,4-8,11H2,1-2H3,(H,25,28,29). The molecule has 16 fully saturated rings. The first-order valence-corrected chi connectivity index (χ1v) is 49.5. The van der Waals surface area contributed by atoms with Gasteiger partial charge in [0.2, 0.25) is 23.8 Å². The van der Waals surface area contributed by atoms with Crippen LogP contribution in [0.2, 0.25) is 0 Å². The van der Waals surface area contributed by atoms with E-state index in [0.29, 0.717) is 130 Å². The molecule has 728 valence electrons. The molecule has 42 nitrogen and oxygen atoms in total. The SMILES string of the molecule is CC(=O)C12CC3CC(C1)C(n1c(=O)n(C)c4cnc(Nc5cn6ncnc6cc5C)nc41)C(C3)C2.CCOC(=O)C12CC3CC(C1)C(n1c(=O)n(C)c4cnc(Nc5cn6ncnc6cc5C)nc41)C(C3)C2.Cc1cc2ncnn2cc1Nc1ncc2c(n1)n(C1C3CC4CC1CC(C(=O)O)(C4)C3)c(=O)n2C.Cc1cc2ncnn2cc1Nc1ncc2c(n1)n(C1C3CC4CC1CC(CO)(C4)C3)c(=O)n2C. The van der Waals surface area contributed by atoms with Gasteiger partial charge in [0.25, 0.3) is 0 Å². The van der Waals surface area contributed by atoms with Gasteiger partial charge in [-0.3, -0.25) is 50.9 Å². The van der Waals surface area contributed by atoms with Crippen LogP contribution in [-0.4, -0.2) is 176 Å². The van der Waals surface area contributed by atoms with Gasteiger partial charge in [-0.2, -0.15) is 40.3 Å². The number of carbonyl (C=O) groups excluding carboxylic acids is 2. The number of rotatable bonds is 17. The van der Waals surface area contributed by atoms with Crippen LogP contribution >= 0.6 is 0 Å². The number of aliphatic hydroxyl groups excluding tert-OH is 1. The second kappa shape index (κ2) is 32.4. The zero-order valence-corrected chi connectivity index (χ0v) is 80.2. The number of carbonyl (C=O) groups is 3. The molecule has 141 heavy (non-hydrogen) atoms. The molecule has 8 unspecified atom stereocenters. The Bertz CT molecular complexity index is 7860. The van der Waals surface area contributed by atoms with Gasteiger partial charge in [0, 0.05) is 64.4 Å². The molecule has 0 aliphatic heterocycles. The van der Waals surface area contributed by atoms with E-state index >= 15 is 0 Å². The van der Waals surface area contributed by atoms with Crippen molar-refractivity contribution < 1.29 is 29.3 Å². The number of aryl methyl sites for hydroxylation is 8. The molecule has 0 aromatic carbocycles. The summed E-state index contributed by atoms with van der Waals surface area (Å²) in [7, 11) is 7.10. The number of nitrogens with zero attached hydrogens (tertiary/aromatic N) is 28. The molecule has 16 heterocycles. The molecule has 16 aromatic heterocycles. The normalized spacial score (nSPS) is 29.2. The highest BCUT2D eigenvalue weighted by Gasteiger charge is 2.64. The van der Waals surface area contributed by atoms with Crippen LogP contribution in [0.25, 0.3) is 67.2 Å². The van der Waals surface area contributed by atoms with Crippen molar-refractivity contribution in [3.63, 3.8) is 0 Å². The summed E-state index contributed by atoms with van der Waals surface area (Å²) >= 11 is 0. The van der Waals surface area contributed by atoms with Crippen LogP contribution in [0.5, 0.6) is 0 Å². The molecule has 16 aliphatic rings. The topological polar surface area (TPSA) is 481 Å². The Hall–Kier alpha value is -14.4. The molecule has 6 N–H and O–H groups in total. The molecule has 16 aromatic rings. The predicted octanol–water partition coefficient (Wildman–Crippen LogP) is 11.6. The van der Waals surface area contributed by atoms with Crippen LogP contribution in [0.1, 0.15) is 189 Å². The van der Waals surface area contributed by atoms with Gasteiger partial charge in [-0.1, -0.05) is 0 Å². The van der Waals surface area contributed by atoms with E-state index in [1.165, 1.54) is 25.3 Å². The third-order valence-electron chi connectivity index (χ3n) is 35.3. The summed E-state index contributed by atoms with van der Waals surface area (Å²) in [5, 5.41) is 50.2. The smallest absolute Gasteiger partial charge is 0.330 e. The number of Topliss-reactive ketones (excluding diaryl/α,β-unsaturated/α-hetero) is 1. The number of carboxylic acids is 1. The van der Waals surface area contributed by atoms with Crippen molar-refractivity contribution in [3.8, 4) is 0 Å². The predicted molar refractivity (Wildman–Crippen MR) is 517 cm³/mol. The van der Waals surface area contributed by atoms with Gasteiger partial charge >= 0.3 is 34.7 Å². The van der Waals surface area contributed by atoms with E-state index in [0.717, 1.165) is 194 Å². The van der Waals surface area contributed by atoms with Crippen molar-refractivity contribution in [2.24, 2.45) is 121 Å². The Kier molecular flexibility index (Phi) is 20.2. The number of anilines is 8. The van der Waals surface area contributed by atoms with Crippen molar-refractivity contribution in [3.05, 3.63) is 163 Å². The van der Waals surface area contributed by atoms with Crippen LogP contribution in [0.15, 0.2) is 118 Å². The van der Waals surface area contributed by atoms with Gasteiger partial charge in [-0.25, -0.2) is 77.1 Å². The minimum atomic E-state index is -0.672. The molecule has 16 aliphatic carbocycles. The summed E-state index contributed by atoms with van der Waals surface area (Å²) in [5.41, 5.74) is 14.3. The van der Waals surface area contributed by atoms with Crippen LogP contribution in [0, 0.1) is 120 Å². The van der Waals surface area contributed by atoms with Crippen molar-refractivity contribution in [2.75, 3.05) is 34.5 Å². The van der Waals surface area contributed by atoms with Crippen LogP contribution in [0.3, 0.4) is 0 Å². The largest absolute Gasteiger partial charge is 0.481 e. The minimum absolute atomic E-state index is 0.0197. The highest BCUT2D eigenvalue weighted by Crippen LogP contribution is 2.68. The number of pyridine rings is 4. The molecule has 16 bridgehead atoms. The zero-order chi connectivity index (χ0) is 96.8. The van der Waals surface area contributed by atoms with Gasteiger partial charge in [0.05, 0.1) is 89.8 Å². The molecule has 0 radical (unpaired) electrons. The summed E-state index contributed by atoms with van der Waals surface area (Å²) in [4.78, 5) is 146. The maximum atomic E-state index is 13.6. The fraction of sp³-hybridized carbons (Fsp3) is 0.525. The number of hydrogen-bond donors (Lipinski definition) is 6. The minimum Gasteiger partial charge on any atom is -0.481 e. The lowest BCUT2D eigenvalue weighted by Gasteiger charge is -2.59. The van der Waals surface area contributed by atoms with Crippen LogP contribution < -0.4 is 44.0 Å². The third-order valence-corrected chi connectivity index (χ3v) is 35.3. The fourth-order valence-corrected chi connectivity index (χ4v) is 30.0. The molecular weight excluding hydrogens is 1800 g/mol. The molecule has 32 rings (SSSR count). The Balaban J connectivity index is 0.0000000991. The van der Waals surface area contributed by atoms with Gasteiger partial charge in [0.15, 0.2) is 45.2 Å². The van der Waals surface area contributed by atoms with Crippen molar-refractivity contribution in [1.82, 2.24) is 135 Å². The van der Waals surface area contributed by atoms with Crippen molar-refractivity contribution in [2.45, 2.75) is 194 Å². The third kappa shape index (κ3) is 14.1. The van der Waals surface area contributed by atoms with E-state index in [-0.39, 0.29) is 94.0 Å². The number of carboxylic acid groups (broad SMARTS) is 1. The number of aromatic nitrogens is 28.